The Labute approximate surface area is 173 Å². The van der Waals surface area contributed by atoms with Crippen LogP contribution in [0.15, 0.2) is 21.9 Å². The molecule has 2 rings (SSSR count). The van der Waals surface area contributed by atoms with Crippen LogP contribution in [0.5, 0.6) is 0 Å². The minimum absolute atomic E-state index is 0.0403. The lowest BCUT2D eigenvalue weighted by Crippen LogP contribution is -2.37. The quantitative estimate of drug-likeness (QED) is 0.427. The van der Waals surface area contributed by atoms with E-state index in [2.05, 4.69) is 10.3 Å². The molecule has 3 atom stereocenters. The number of ether oxygens (including phenoxy) is 3. The van der Waals surface area contributed by atoms with Crippen LogP contribution >= 0.6 is 7.60 Å². The largest absolute Gasteiger partial charge is 0.366 e. The first-order valence-electron chi connectivity index (χ1n) is 9.56. The van der Waals surface area contributed by atoms with E-state index in [1.807, 2.05) is 0 Å². The van der Waals surface area contributed by atoms with Gasteiger partial charge in [-0.05, 0) is 13.8 Å². The Morgan fingerprint density at radius 1 is 1.33 bits per heavy atom. The first-order valence-corrected chi connectivity index (χ1v) is 11.3. The summed E-state index contributed by atoms with van der Waals surface area (Å²) in [7, 11) is -1.89. The summed E-state index contributed by atoms with van der Waals surface area (Å²) in [6, 6.07) is 1.19. The van der Waals surface area contributed by atoms with Gasteiger partial charge < -0.3 is 28.6 Å². The summed E-state index contributed by atoms with van der Waals surface area (Å²) in [5.41, 5.74) is -1.21. The van der Waals surface area contributed by atoms with Gasteiger partial charge in [0.2, 0.25) is 5.91 Å². The van der Waals surface area contributed by atoms with Gasteiger partial charge in [0.05, 0.1) is 25.9 Å². The molecule has 0 unspecified atom stereocenters. The smallest absolute Gasteiger partial charge is 0.356 e. The second-order valence-corrected chi connectivity index (χ2v) is 8.37. The lowest BCUT2D eigenvalue weighted by molar-refractivity contribution is -0.130. The van der Waals surface area contributed by atoms with E-state index in [4.69, 9.17) is 23.3 Å². The van der Waals surface area contributed by atoms with Crippen molar-refractivity contribution in [3.05, 3.63) is 33.1 Å². The van der Waals surface area contributed by atoms with Crippen molar-refractivity contribution >= 4 is 13.5 Å². The van der Waals surface area contributed by atoms with Crippen molar-refractivity contribution in [3.8, 4) is 0 Å². The summed E-state index contributed by atoms with van der Waals surface area (Å²) in [4.78, 5) is 37.2. The molecule has 12 nitrogen and oxygen atoms in total. The van der Waals surface area contributed by atoms with E-state index in [0.717, 1.165) is 0 Å². The highest BCUT2D eigenvalue weighted by Gasteiger charge is 2.38. The van der Waals surface area contributed by atoms with Crippen LogP contribution in [0.25, 0.3) is 0 Å². The number of nitrogens with zero attached hydrogens (tertiary/aromatic N) is 1. The van der Waals surface area contributed by atoms with Crippen LogP contribution in [0.2, 0.25) is 0 Å². The van der Waals surface area contributed by atoms with E-state index in [9.17, 15) is 18.9 Å². The minimum Gasteiger partial charge on any atom is -0.366 e. The van der Waals surface area contributed by atoms with E-state index in [1.54, 1.807) is 13.8 Å². The molecule has 2 N–H and O–H groups in total. The van der Waals surface area contributed by atoms with E-state index in [-0.39, 0.29) is 38.7 Å². The fraction of sp³-hybridized carbons (Fsp3) is 0.706. The maximum absolute atomic E-state index is 12.5. The standard InChI is InChI=1S/C17H28N3O9P/c1-4-27-30(24,28-5-2)11-25-9-12-8-13(26-10-15(22)18-3)16(29-12)20-7-6-14(21)19-17(20)23/h6-7,12-13,16H,4-5,8-11H2,1-3H3,(H,18,22)(H,19,21,23)/t12-,13+,16+/m0/s1. The zero-order valence-electron chi connectivity index (χ0n) is 17.2. The molecule has 0 spiro atoms. The molecule has 0 bridgehead atoms. The molecule has 1 aliphatic rings. The number of hydrogen-bond acceptors (Lipinski definition) is 9. The summed E-state index contributed by atoms with van der Waals surface area (Å²) < 4.78 is 41.0. The zero-order valence-corrected chi connectivity index (χ0v) is 18.1. The summed E-state index contributed by atoms with van der Waals surface area (Å²) >= 11 is 0. The van der Waals surface area contributed by atoms with Crippen LogP contribution < -0.4 is 16.6 Å². The Bertz CT molecular complexity index is 845. The van der Waals surface area contributed by atoms with Gasteiger partial charge in [0.1, 0.15) is 19.1 Å². The molecule has 0 aliphatic carbocycles. The molecule has 0 saturated carbocycles. The van der Waals surface area contributed by atoms with Gasteiger partial charge in [-0.1, -0.05) is 0 Å². The highest BCUT2D eigenvalue weighted by molar-refractivity contribution is 7.53. The van der Waals surface area contributed by atoms with E-state index >= 15 is 0 Å². The van der Waals surface area contributed by atoms with Crippen molar-refractivity contribution in [2.24, 2.45) is 0 Å². The molecule has 30 heavy (non-hydrogen) atoms. The predicted octanol–water partition coefficient (Wildman–Crippen LogP) is 0.196. The SMILES string of the molecule is CCOP(=O)(COC[C@@H]1C[C@@H](OCC(=O)NC)[C@H](n2ccc(=O)[nH]c2=O)O1)OCC. The van der Waals surface area contributed by atoms with Crippen LogP contribution in [0.1, 0.15) is 26.5 Å². The van der Waals surface area contributed by atoms with Gasteiger partial charge >= 0.3 is 13.3 Å². The van der Waals surface area contributed by atoms with Crippen LogP contribution in [-0.2, 0) is 32.6 Å². The van der Waals surface area contributed by atoms with Crippen LogP contribution in [-0.4, -0.2) is 67.5 Å². The highest BCUT2D eigenvalue weighted by Crippen LogP contribution is 2.48. The molecule has 0 radical (unpaired) electrons. The number of aromatic nitrogens is 2. The number of nitrogens with one attached hydrogen (secondary N) is 2. The van der Waals surface area contributed by atoms with Gasteiger partial charge in [-0.15, -0.1) is 0 Å². The molecular weight excluding hydrogens is 421 g/mol. The lowest BCUT2D eigenvalue weighted by Gasteiger charge is -2.20. The highest BCUT2D eigenvalue weighted by atomic mass is 31.2. The van der Waals surface area contributed by atoms with Crippen molar-refractivity contribution in [1.82, 2.24) is 14.9 Å². The average Bonchev–Trinajstić information content (AvgIpc) is 3.09. The fourth-order valence-corrected chi connectivity index (χ4v) is 4.24. The predicted molar refractivity (Wildman–Crippen MR) is 105 cm³/mol. The van der Waals surface area contributed by atoms with E-state index in [0.29, 0.717) is 6.42 Å². The van der Waals surface area contributed by atoms with Gasteiger partial charge in [0.15, 0.2) is 6.23 Å². The number of aromatic amines is 1. The second-order valence-electron chi connectivity index (χ2n) is 6.37. The van der Waals surface area contributed by atoms with Gasteiger partial charge in [0, 0.05) is 25.7 Å². The van der Waals surface area contributed by atoms with Crippen molar-refractivity contribution in [2.75, 3.05) is 39.8 Å². The monoisotopic (exact) mass is 449 g/mol. The maximum Gasteiger partial charge on any atom is 0.356 e. The molecule has 13 heteroatoms. The number of hydrogen-bond donors (Lipinski definition) is 2. The third kappa shape index (κ3) is 6.86. The molecule has 1 aromatic rings. The average molecular weight is 449 g/mol. The first kappa shape index (κ1) is 24.4. The Kier molecular flexibility index (Phi) is 9.40. The molecule has 0 aromatic carbocycles. The summed E-state index contributed by atoms with van der Waals surface area (Å²) in [5.74, 6) is -0.336. The number of likely N-dealkylation sites (N-methyl/N-ethyl adjacent to an activating group) is 1. The topological polar surface area (TPSA) is 147 Å². The summed E-state index contributed by atoms with van der Waals surface area (Å²) in [6.45, 7) is 3.65. The van der Waals surface area contributed by atoms with E-state index < -0.39 is 37.3 Å². The Morgan fingerprint density at radius 3 is 2.63 bits per heavy atom. The fourth-order valence-electron chi connectivity index (χ4n) is 2.90. The number of rotatable bonds is 12. The molecule has 1 saturated heterocycles. The number of H-pyrrole nitrogens is 1. The summed E-state index contributed by atoms with van der Waals surface area (Å²) in [5, 5.41) is 2.44. The molecule has 2 heterocycles. The van der Waals surface area contributed by atoms with Crippen molar-refractivity contribution in [3.63, 3.8) is 0 Å². The zero-order chi connectivity index (χ0) is 22.1. The van der Waals surface area contributed by atoms with Gasteiger partial charge in [0.25, 0.3) is 5.56 Å². The van der Waals surface area contributed by atoms with Crippen LogP contribution in [0.3, 0.4) is 0 Å². The molecule has 170 valence electrons. The molecular formula is C17H28N3O9P. The van der Waals surface area contributed by atoms with Gasteiger partial charge in [-0.2, -0.15) is 0 Å². The third-order valence-corrected chi connectivity index (χ3v) is 5.98. The normalized spacial score (nSPS) is 21.6. The van der Waals surface area contributed by atoms with Gasteiger partial charge in [-0.3, -0.25) is 23.7 Å². The Balaban J connectivity index is 2.06. The van der Waals surface area contributed by atoms with Crippen molar-refractivity contribution in [1.29, 1.82) is 0 Å². The number of amides is 1. The first-order chi connectivity index (χ1) is 14.3. The summed E-state index contributed by atoms with van der Waals surface area (Å²) in [6.07, 6.45) is -0.685. The molecule has 1 amide bonds. The van der Waals surface area contributed by atoms with Crippen molar-refractivity contribution < 1.29 is 32.6 Å². The van der Waals surface area contributed by atoms with E-state index in [1.165, 1.54) is 23.9 Å². The van der Waals surface area contributed by atoms with Crippen LogP contribution in [0.4, 0.5) is 0 Å². The Hall–Kier alpha value is -1.82. The molecule has 1 fully saturated rings. The lowest BCUT2D eigenvalue weighted by atomic mass is 10.2. The number of carbonyl (C=O) groups excluding carboxylic acids is 1. The third-order valence-electron chi connectivity index (χ3n) is 4.18. The second kappa shape index (κ2) is 11.5. The Morgan fingerprint density at radius 2 is 2.03 bits per heavy atom. The maximum atomic E-state index is 12.5. The molecule has 1 aliphatic heterocycles. The minimum atomic E-state index is -3.36. The van der Waals surface area contributed by atoms with Crippen LogP contribution in [0, 0.1) is 0 Å². The number of carbonyl (C=O) groups is 1. The van der Waals surface area contributed by atoms with Gasteiger partial charge in [-0.25, -0.2) is 4.79 Å². The van der Waals surface area contributed by atoms with Crippen molar-refractivity contribution in [2.45, 2.75) is 38.7 Å². The molecule has 1 aromatic heterocycles.